The van der Waals surface area contributed by atoms with Gasteiger partial charge in [-0.3, -0.25) is 4.79 Å². The van der Waals surface area contributed by atoms with Gasteiger partial charge >= 0.3 is 0 Å². The summed E-state index contributed by atoms with van der Waals surface area (Å²) in [5.74, 6) is 0.602. The van der Waals surface area contributed by atoms with Crippen molar-refractivity contribution in [3.8, 4) is 0 Å². The molecule has 0 aromatic rings. The molecule has 0 bridgehead atoms. The quantitative estimate of drug-likeness (QED) is 0.615. The zero-order valence-corrected chi connectivity index (χ0v) is 9.46. The van der Waals surface area contributed by atoms with Gasteiger partial charge in [0.15, 0.2) is 0 Å². The molecule has 0 saturated carbocycles. The number of nitrogens with one attached hydrogen (secondary N) is 2. The Labute approximate surface area is 91.4 Å². The third kappa shape index (κ3) is 4.62. The molecule has 1 fully saturated rings. The normalized spacial score (nSPS) is 19.9. The van der Waals surface area contributed by atoms with Crippen molar-refractivity contribution < 1.29 is 9.90 Å². The monoisotopic (exact) mass is 214 g/mol. The Bertz CT molecular complexity index is 187. The summed E-state index contributed by atoms with van der Waals surface area (Å²) in [5, 5.41) is 15.1. The van der Waals surface area contributed by atoms with Crippen LogP contribution >= 0.6 is 0 Å². The predicted octanol–water partition coefficient (Wildman–Crippen LogP) is 0.263. The molecule has 0 aromatic heterocycles. The van der Waals surface area contributed by atoms with Crippen LogP contribution in [0.4, 0.5) is 0 Å². The van der Waals surface area contributed by atoms with Crippen LogP contribution in [0.1, 0.15) is 32.6 Å². The summed E-state index contributed by atoms with van der Waals surface area (Å²) in [5.41, 5.74) is 0. The number of hydrogen-bond donors (Lipinski definition) is 3. The fraction of sp³-hybridized carbons (Fsp3) is 0.909. The maximum Gasteiger partial charge on any atom is 0.220 e. The van der Waals surface area contributed by atoms with Crippen molar-refractivity contribution in [1.29, 1.82) is 0 Å². The molecule has 0 aliphatic carbocycles. The van der Waals surface area contributed by atoms with E-state index in [9.17, 15) is 4.79 Å². The average Bonchev–Trinajstić information content (AvgIpc) is 2.27. The van der Waals surface area contributed by atoms with E-state index in [0.717, 1.165) is 32.4 Å². The minimum atomic E-state index is -0.0702. The largest absolute Gasteiger partial charge is 0.394 e. The van der Waals surface area contributed by atoms with E-state index in [1.165, 1.54) is 0 Å². The van der Waals surface area contributed by atoms with E-state index in [2.05, 4.69) is 10.6 Å². The van der Waals surface area contributed by atoms with Gasteiger partial charge in [-0.2, -0.15) is 0 Å². The zero-order valence-electron chi connectivity index (χ0n) is 9.46. The fourth-order valence-electron chi connectivity index (χ4n) is 1.91. The summed E-state index contributed by atoms with van der Waals surface area (Å²) < 4.78 is 0. The lowest BCUT2D eigenvalue weighted by atomic mass is 9.94. The number of carbonyl (C=O) groups is 1. The van der Waals surface area contributed by atoms with Crippen LogP contribution < -0.4 is 10.6 Å². The van der Waals surface area contributed by atoms with Gasteiger partial charge in [0.05, 0.1) is 12.6 Å². The second kappa shape index (κ2) is 6.80. The highest BCUT2D eigenvalue weighted by molar-refractivity contribution is 5.76. The van der Waals surface area contributed by atoms with E-state index in [0.29, 0.717) is 12.3 Å². The molecule has 0 aromatic carbocycles. The Hall–Kier alpha value is -0.610. The molecule has 1 saturated heterocycles. The van der Waals surface area contributed by atoms with E-state index < -0.39 is 0 Å². The number of rotatable bonds is 5. The number of piperidine rings is 1. The lowest BCUT2D eigenvalue weighted by molar-refractivity contribution is -0.123. The lowest BCUT2D eigenvalue weighted by Gasteiger charge is -2.23. The summed E-state index contributed by atoms with van der Waals surface area (Å²) in [6.07, 6.45) is 3.57. The molecule has 0 spiro atoms. The van der Waals surface area contributed by atoms with Crippen molar-refractivity contribution in [2.75, 3.05) is 19.7 Å². The molecule has 1 atom stereocenters. The molecule has 4 nitrogen and oxygen atoms in total. The lowest BCUT2D eigenvalue weighted by Crippen LogP contribution is -2.39. The number of hydrogen-bond acceptors (Lipinski definition) is 3. The minimum Gasteiger partial charge on any atom is -0.394 e. The van der Waals surface area contributed by atoms with E-state index in [1.54, 1.807) is 0 Å². The summed E-state index contributed by atoms with van der Waals surface area (Å²) in [6.45, 7) is 4.05. The maximum absolute atomic E-state index is 11.6. The van der Waals surface area contributed by atoms with Crippen molar-refractivity contribution >= 4 is 5.91 Å². The van der Waals surface area contributed by atoms with Crippen LogP contribution in [0.2, 0.25) is 0 Å². The van der Waals surface area contributed by atoms with Crippen molar-refractivity contribution in [1.82, 2.24) is 10.6 Å². The van der Waals surface area contributed by atoms with Crippen molar-refractivity contribution in [3.05, 3.63) is 0 Å². The van der Waals surface area contributed by atoms with Gasteiger partial charge in [-0.25, -0.2) is 0 Å². The van der Waals surface area contributed by atoms with Crippen LogP contribution in [0.3, 0.4) is 0 Å². The highest BCUT2D eigenvalue weighted by Gasteiger charge is 2.17. The van der Waals surface area contributed by atoms with Crippen molar-refractivity contribution in [3.63, 3.8) is 0 Å². The van der Waals surface area contributed by atoms with Crippen molar-refractivity contribution in [2.24, 2.45) is 5.92 Å². The van der Waals surface area contributed by atoms with Crippen molar-refractivity contribution in [2.45, 2.75) is 38.6 Å². The standard InChI is InChI=1S/C11H22N2O2/c1-2-10(8-14)13-11(15)7-9-3-5-12-6-4-9/h9-10,12,14H,2-8H2,1H3,(H,13,15). The van der Waals surface area contributed by atoms with Gasteiger partial charge in [-0.1, -0.05) is 6.92 Å². The third-order valence-electron chi connectivity index (χ3n) is 3.01. The Kier molecular flexibility index (Phi) is 5.65. The van der Waals surface area contributed by atoms with E-state index >= 15 is 0 Å². The molecule has 1 rings (SSSR count). The molecule has 0 radical (unpaired) electrons. The Morgan fingerprint density at radius 3 is 2.73 bits per heavy atom. The highest BCUT2D eigenvalue weighted by atomic mass is 16.3. The molecule has 1 amide bonds. The van der Waals surface area contributed by atoms with Crippen LogP contribution in [0.25, 0.3) is 0 Å². The SMILES string of the molecule is CCC(CO)NC(=O)CC1CCNCC1. The molecule has 15 heavy (non-hydrogen) atoms. The Balaban J connectivity index is 2.21. The Morgan fingerprint density at radius 1 is 1.53 bits per heavy atom. The second-order valence-electron chi connectivity index (χ2n) is 4.25. The first-order chi connectivity index (χ1) is 7.26. The molecule has 88 valence electrons. The van der Waals surface area contributed by atoms with Gasteiger partial charge in [-0.05, 0) is 38.3 Å². The van der Waals surface area contributed by atoms with E-state index in [-0.39, 0.29) is 18.6 Å². The molecule has 1 aliphatic heterocycles. The molecule has 1 aliphatic rings. The van der Waals surface area contributed by atoms with Gasteiger partial charge in [0, 0.05) is 6.42 Å². The van der Waals surface area contributed by atoms with Gasteiger partial charge in [0.1, 0.15) is 0 Å². The maximum atomic E-state index is 11.6. The molecular formula is C11H22N2O2. The molecular weight excluding hydrogens is 192 g/mol. The first-order valence-corrected chi connectivity index (χ1v) is 5.87. The van der Waals surface area contributed by atoms with Crippen LogP contribution in [0.15, 0.2) is 0 Å². The van der Waals surface area contributed by atoms with Crippen LogP contribution in [-0.4, -0.2) is 36.8 Å². The molecule has 4 heteroatoms. The molecule has 3 N–H and O–H groups in total. The van der Waals surface area contributed by atoms with Gasteiger partial charge in [-0.15, -0.1) is 0 Å². The molecule has 1 unspecified atom stereocenters. The second-order valence-corrected chi connectivity index (χ2v) is 4.25. The summed E-state index contributed by atoms with van der Waals surface area (Å²) >= 11 is 0. The Morgan fingerprint density at radius 2 is 2.20 bits per heavy atom. The minimum absolute atomic E-state index is 0.0362. The van der Waals surface area contributed by atoms with E-state index in [1.807, 2.05) is 6.92 Å². The molecule has 1 heterocycles. The summed E-state index contributed by atoms with van der Waals surface area (Å²) in [6, 6.07) is -0.0702. The van der Waals surface area contributed by atoms with Crippen LogP contribution in [-0.2, 0) is 4.79 Å². The average molecular weight is 214 g/mol. The zero-order chi connectivity index (χ0) is 11.1. The van der Waals surface area contributed by atoms with Gasteiger partial charge in [0.2, 0.25) is 5.91 Å². The fourth-order valence-corrected chi connectivity index (χ4v) is 1.91. The topological polar surface area (TPSA) is 61.4 Å². The van der Waals surface area contributed by atoms with Gasteiger partial charge < -0.3 is 15.7 Å². The highest BCUT2D eigenvalue weighted by Crippen LogP contribution is 2.15. The number of aliphatic hydroxyl groups excluding tert-OH is 1. The summed E-state index contributed by atoms with van der Waals surface area (Å²) in [7, 11) is 0. The smallest absolute Gasteiger partial charge is 0.220 e. The first-order valence-electron chi connectivity index (χ1n) is 5.87. The number of aliphatic hydroxyl groups is 1. The number of amides is 1. The number of carbonyl (C=O) groups excluding carboxylic acids is 1. The summed E-state index contributed by atoms with van der Waals surface area (Å²) in [4.78, 5) is 11.6. The van der Waals surface area contributed by atoms with E-state index in [4.69, 9.17) is 5.11 Å². The van der Waals surface area contributed by atoms with Crippen LogP contribution in [0, 0.1) is 5.92 Å². The van der Waals surface area contributed by atoms with Crippen LogP contribution in [0.5, 0.6) is 0 Å². The van der Waals surface area contributed by atoms with Gasteiger partial charge in [0.25, 0.3) is 0 Å². The first kappa shape index (κ1) is 12.5. The third-order valence-corrected chi connectivity index (χ3v) is 3.01. The predicted molar refractivity (Wildman–Crippen MR) is 59.5 cm³/mol.